The normalized spacial score (nSPS) is 19.5. The van der Waals surface area contributed by atoms with Gasteiger partial charge < -0.3 is 10.3 Å². The largest absolute Gasteiger partial charge is 0.399 e. The lowest BCUT2D eigenvalue weighted by Gasteiger charge is -2.17. The van der Waals surface area contributed by atoms with Crippen molar-refractivity contribution in [2.24, 2.45) is 0 Å². The van der Waals surface area contributed by atoms with E-state index in [4.69, 9.17) is 21.9 Å². The number of nitrogen functional groups attached to an aromatic ring is 1. The lowest BCUT2D eigenvalue weighted by molar-refractivity contribution is 0.420. The van der Waals surface area contributed by atoms with E-state index in [1.807, 2.05) is 11.8 Å². The van der Waals surface area contributed by atoms with Gasteiger partial charge in [-0.2, -0.15) is 16.7 Å². The highest BCUT2D eigenvalue weighted by atomic mass is 35.5. The van der Waals surface area contributed by atoms with Crippen LogP contribution in [-0.2, 0) is 0 Å². The van der Waals surface area contributed by atoms with Crippen LogP contribution in [0.2, 0.25) is 5.02 Å². The quantitative estimate of drug-likeness (QED) is 0.850. The van der Waals surface area contributed by atoms with Crippen LogP contribution in [0.5, 0.6) is 0 Å². The zero-order chi connectivity index (χ0) is 13.2. The van der Waals surface area contributed by atoms with Crippen molar-refractivity contribution in [1.82, 2.24) is 10.1 Å². The van der Waals surface area contributed by atoms with E-state index in [1.54, 1.807) is 18.2 Å². The van der Waals surface area contributed by atoms with E-state index in [9.17, 15) is 0 Å². The number of nitrogens with two attached hydrogens (primary N) is 1. The van der Waals surface area contributed by atoms with Crippen LogP contribution in [0.1, 0.15) is 30.3 Å². The fraction of sp³-hybridized carbons (Fsp3) is 0.385. The molecular weight excluding hydrogens is 282 g/mol. The molecule has 1 saturated heterocycles. The van der Waals surface area contributed by atoms with E-state index < -0.39 is 0 Å². The maximum atomic E-state index is 5.98. The zero-order valence-electron chi connectivity index (χ0n) is 10.3. The first kappa shape index (κ1) is 12.8. The molecule has 6 heteroatoms. The molecule has 0 saturated carbocycles. The predicted molar refractivity (Wildman–Crippen MR) is 78.2 cm³/mol. The van der Waals surface area contributed by atoms with Gasteiger partial charge in [0.2, 0.25) is 0 Å². The Bertz CT molecular complexity index is 561. The summed E-state index contributed by atoms with van der Waals surface area (Å²) in [5.41, 5.74) is 7.13. The third-order valence-corrected chi connectivity index (χ3v) is 4.67. The third kappa shape index (κ3) is 2.87. The second-order valence-electron chi connectivity index (χ2n) is 4.59. The summed E-state index contributed by atoms with van der Waals surface area (Å²) in [7, 11) is 0. The van der Waals surface area contributed by atoms with Crippen LogP contribution in [0.25, 0.3) is 11.5 Å². The first-order valence-electron chi connectivity index (χ1n) is 6.24. The number of nitrogens with zero attached hydrogens (tertiary/aromatic N) is 2. The van der Waals surface area contributed by atoms with Crippen LogP contribution in [-0.4, -0.2) is 15.9 Å². The summed E-state index contributed by atoms with van der Waals surface area (Å²) >= 11 is 7.88. The minimum Gasteiger partial charge on any atom is -0.399 e. The first-order valence-corrected chi connectivity index (χ1v) is 7.67. The van der Waals surface area contributed by atoms with Crippen LogP contribution in [0, 0.1) is 0 Å². The number of rotatable bonds is 2. The van der Waals surface area contributed by atoms with Crippen molar-refractivity contribution >= 4 is 29.1 Å². The maximum Gasteiger partial charge on any atom is 0.258 e. The van der Waals surface area contributed by atoms with E-state index in [1.165, 1.54) is 18.6 Å². The highest BCUT2D eigenvalue weighted by Crippen LogP contribution is 2.37. The molecule has 1 atom stereocenters. The standard InChI is InChI=1S/C13H14ClN3OS/c14-9-5-8(6-10(15)7-9)13-16-12(17-18-13)11-3-1-2-4-19-11/h5-7,11H,1-4,15H2. The minimum atomic E-state index is 0.350. The van der Waals surface area contributed by atoms with Crippen LogP contribution >= 0.6 is 23.4 Å². The molecule has 1 fully saturated rings. The summed E-state index contributed by atoms with van der Waals surface area (Å²) in [5.74, 6) is 2.42. The number of hydrogen-bond donors (Lipinski definition) is 1. The first-order chi connectivity index (χ1) is 9.22. The van der Waals surface area contributed by atoms with Gasteiger partial charge in [-0.05, 0) is 36.8 Å². The van der Waals surface area contributed by atoms with E-state index in [2.05, 4.69) is 10.1 Å². The molecule has 19 heavy (non-hydrogen) atoms. The molecule has 0 bridgehead atoms. The van der Waals surface area contributed by atoms with Gasteiger partial charge in [-0.3, -0.25) is 0 Å². The van der Waals surface area contributed by atoms with Gasteiger partial charge >= 0.3 is 0 Å². The Labute approximate surface area is 120 Å². The molecule has 100 valence electrons. The Morgan fingerprint density at radius 2 is 2.21 bits per heavy atom. The van der Waals surface area contributed by atoms with Gasteiger partial charge in [0, 0.05) is 16.3 Å². The number of halogens is 1. The molecule has 0 aliphatic carbocycles. The van der Waals surface area contributed by atoms with Gasteiger partial charge in [-0.25, -0.2) is 0 Å². The Balaban J connectivity index is 1.87. The van der Waals surface area contributed by atoms with Gasteiger partial charge in [0.05, 0.1) is 5.25 Å². The second kappa shape index (κ2) is 5.43. The molecule has 0 radical (unpaired) electrons. The van der Waals surface area contributed by atoms with Crippen molar-refractivity contribution in [3.63, 3.8) is 0 Å². The Morgan fingerprint density at radius 3 is 2.95 bits per heavy atom. The molecule has 0 spiro atoms. The highest BCUT2D eigenvalue weighted by Gasteiger charge is 2.22. The van der Waals surface area contributed by atoms with Crippen molar-refractivity contribution in [1.29, 1.82) is 0 Å². The lowest BCUT2D eigenvalue weighted by atomic mass is 10.2. The van der Waals surface area contributed by atoms with Crippen molar-refractivity contribution < 1.29 is 4.52 Å². The fourth-order valence-electron chi connectivity index (χ4n) is 2.16. The van der Waals surface area contributed by atoms with Gasteiger partial charge in [-0.1, -0.05) is 23.2 Å². The fourth-order valence-corrected chi connectivity index (χ4v) is 3.64. The molecule has 1 aliphatic rings. The lowest BCUT2D eigenvalue weighted by Crippen LogP contribution is -2.03. The van der Waals surface area contributed by atoms with Gasteiger partial charge in [-0.15, -0.1) is 0 Å². The average Bonchev–Trinajstić information content (AvgIpc) is 2.88. The van der Waals surface area contributed by atoms with Crippen LogP contribution in [0.3, 0.4) is 0 Å². The van der Waals surface area contributed by atoms with Crippen LogP contribution in [0.15, 0.2) is 22.7 Å². The monoisotopic (exact) mass is 295 g/mol. The summed E-state index contributed by atoms with van der Waals surface area (Å²) in [4.78, 5) is 4.47. The molecule has 1 aromatic heterocycles. The van der Waals surface area contributed by atoms with Crippen molar-refractivity contribution in [2.75, 3.05) is 11.5 Å². The van der Waals surface area contributed by atoms with E-state index in [0.29, 0.717) is 21.9 Å². The van der Waals surface area contributed by atoms with E-state index >= 15 is 0 Å². The van der Waals surface area contributed by atoms with Gasteiger partial charge in [0.1, 0.15) is 0 Å². The van der Waals surface area contributed by atoms with Crippen molar-refractivity contribution in [2.45, 2.75) is 24.5 Å². The van der Waals surface area contributed by atoms with Crippen molar-refractivity contribution in [3.8, 4) is 11.5 Å². The topological polar surface area (TPSA) is 64.9 Å². The number of benzene rings is 1. The Hall–Kier alpha value is -1.20. The van der Waals surface area contributed by atoms with Crippen molar-refractivity contribution in [3.05, 3.63) is 29.0 Å². The molecule has 1 unspecified atom stereocenters. The van der Waals surface area contributed by atoms with Crippen LogP contribution in [0.4, 0.5) is 5.69 Å². The maximum absolute atomic E-state index is 5.98. The molecule has 3 rings (SSSR count). The SMILES string of the molecule is Nc1cc(Cl)cc(-c2nc(C3CCCCS3)no2)c1. The Kier molecular flexibility index (Phi) is 3.66. The van der Waals surface area contributed by atoms with Crippen LogP contribution < -0.4 is 5.73 Å². The minimum absolute atomic E-state index is 0.350. The number of aromatic nitrogens is 2. The summed E-state index contributed by atoms with van der Waals surface area (Å²) in [6, 6.07) is 5.26. The average molecular weight is 296 g/mol. The smallest absolute Gasteiger partial charge is 0.258 e. The summed E-state index contributed by atoms with van der Waals surface area (Å²) in [6.07, 6.45) is 3.61. The molecule has 1 aliphatic heterocycles. The van der Waals surface area contributed by atoms with Gasteiger partial charge in [0.25, 0.3) is 5.89 Å². The van der Waals surface area contributed by atoms with E-state index in [0.717, 1.165) is 17.8 Å². The second-order valence-corrected chi connectivity index (χ2v) is 6.33. The highest BCUT2D eigenvalue weighted by molar-refractivity contribution is 7.99. The Morgan fingerprint density at radius 1 is 1.32 bits per heavy atom. The molecule has 0 amide bonds. The zero-order valence-corrected chi connectivity index (χ0v) is 11.9. The summed E-state index contributed by atoms with van der Waals surface area (Å²) in [5, 5.41) is 5.01. The summed E-state index contributed by atoms with van der Waals surface area (Å²) in [6.45, 7) is 0. The molecule has 1 aromatic carbocycles. The molecule has 4 nitrogen and oxygen atoms in total. The van der Waals surface area contributed by atoms with E-state index in [-0.39, 0.29) is 0 Å². The number of anilines is 1. The third-order valence-electron chi connectivity index (χ3n) is 3.08. The number of thioether (sulfide) groups is 1. The molecule has 2 N–H and O–H groups in total. The number of hydrogen-bond acceptors (Lipinski definition) is 5. The predicted octanol–water partition coefficient (Wildman–Crippen LogP) is 3.93. The van der Waals surface area contributed by atoms with Gasteiger partial charge in [0.15, 0.2) is 5.82 Å². The molecule has 2 heterocycles. The molecule has 2 aromatic rings. The summed E-state index contributed by atoms with van der Waals surface area (Å²) < 4.78 is 5.33. The molecular formula is C13H14ClN3OS.